The Morgan fingerprint density at radius 2 is 2.00 bits per heavy atom. The van der Waals surface area contributed by atoms with E-state index in [4.69, 9.17) is 10.8 Å². The third-order valence-electron chi connectivity index (χ3n) is 1.91. The Morgan fingerprint density at radius 1 is 1.39 bits per heavy atom. The van der Waals surface area contributed by atoms with Gasteiger partial charge in [-0.05, 0) is 32.0 Å². The first-order chi connectivity index (χ1) is 8.21. The molecule has 5 N–H and O–H groups in total. The zero-order chi connectivity index (χ0) is 13.9. The number of rotatable bonds is 5. The third kappa shape index (κ3) is 3.90. The highest BCUT2D eigenvalue weighted by Crippen LogP contribution is 2.20. The second-order valence-corrected chi connectivity index (χ2v) is 5.43. The van der Waals surface area contributed by atoms with Crippen LogP contribution in [0.3, 0.4) is 0 Å². The van der Waals surface area contributed by atoms with Crippen molar-refractivity contribution in [3.05, 3.63) is 23.8 Å². The summed E-state index contributed by atoms with van der Waals surface area (Å²) in [6.45, 7) is 3.30. The van der Waals surface area contributed by atoms with Gasteiger partial charge in [0.1, 0.15) is 0 Å². The molecule has 0 saturated heterocycles. The number of nitrogen functional groups attached to an aromatic ring is 1. The van der Waals surface area contributed by atoms with E-state index in [1.54, 1.807) is 13.8 Å². The molecule has 0 amide bonds. The van der Waals surface area contributed by atoms with Crippen LogP contribution in [0, 0.1) is 0 Å². The van der Waals surface area contributed by atoms with Gasteiger partial charge < -0.3 is 10.8 Å². The molecule has 0 aliphatic rings. The van der Waals surface area contributed by atoms with Crippen molar-refractivity contribution in [2.45, 2.75) is 19.9 Å². The van der Waals surface area contributed by atoms with Crippen LogP contribution in [0.1, 0.15) is 24.2 Å². The molecule has 8 heteroatoms. The van der Waals surface area contributed by atoms with Gasteiger partial charge in [0.15, 0.2) is 0 Å². The lowest BCUT2D eigenvalue weighted by molar-refractivity contribution is 0.0698. The Hall–Kier alpha value is -1.80. The van der Waals surface area contributed by atoms with E-state index >= 15 is 0 Å². The number of carboxylic acid groups (broad SMARTS) is 1. The van der Waals surface area contributed by atoms with E-state index in [9.17, 15) is 13.2 Å². The first-order valence-corrected chi connectivity index (χ1v) is 6.62. The minimum atomic E-state index is -3.83. The quantitative estimate of drug-likeness (QED) is 0.586. The molecule has 100 valence electrons. The summed E-state index contributed by atoms with van der Waals surface area (Å²) in [4.78, 5) is 10.9. The first kappa shape index (κ1) is 14.3. The zero-order valence-electron chi connectivity index (χ0n) is 9.97. The lowest BCUT2D eigenvalue weighted by atomic mass is 10.1. The number of hydrogen-bond donors (Lipinski definition) is 4. The third-order valence-corrected chi connectivity index (χ3v) is 3.18. The van der Waals surface area contributed by atoms with Crippen LogP contribution in [-0.4, -0.2) is 25.5 Å². The smallest absolute Gasteiger partial charge is 0.337 e. The van der Waals surface area contributed by atoms with E-state index in [2.05, 4.69) is 9.44 Å². The predicted octanol–water partition coefficient (Wildman–Crippen LogP) is 0.622. The van der Waals surface area contributed by atoms with E-state index in [1.807, 2.05) is 0 Å². The maximum atomic E-state index is 11.6. The van der Waals surface area contributed by atoms with E-state index in [0.29, 0.717) is 0 Å². The summed E-state index contributed by atoms with van der Waals surface area (Å²) < 4.78 is 27.7. The topological polar surface area (TPSA) is 122 Å². The van der Waals surface area contributed by atoms with Crippen molar-refractivity contribution >= 4 is 27.6 Å². The fourth-order valence-electron chi connectivity index (χ4n) is 1.32. The average Bonchev–Trinajstić information content (AvgIpc) is 2.13. The van der Waals surface area contributed by atoms with Crippen molar-refractivity contribution in [3.8, 4) is 0 Å². The number of carbonyl (C=O) groups is 1. The molecule has 0 aromatic heterocycles. The molecule has 0 saturated carbocycles. The highest BCUT2D eigenvalue weighted by Gasteiger charge is 2.17. The fraction of sp³-hybridized carbons (Fsp3) is 0.300. The molecule has 1 rings (SSSR count). The van der Waals surface area contributed by atoms with Gasteiger partial charge in [0, 0.05) is 11.7 Å². The molecule has 0 fully saturated rings. The summed E-state index contributed by atoms with van der Waals surface area (Å²) in [6.07, 6.45) is 0. The Kier molecular flexibility index (Phi) is 4.15. The predicted molar refractivity (Wildman–Crippen MR) is 68.6 cm³/mol. The van der Waals surface area contributed by atoms with Gasteiger partial charge >= 0.3 is 5.97 Å². The molecular weight excluding hydrogens is 258 g/mol. The SMILES string of the molecule is CC(C)NS(=O)(=O)Nc1cc(N)ccc1C(=O)O. The van der Waals surface area contributed by atoms with Crippen molar-refractivity contribution < 1.29 is 18.3 Å². The molecule has 0 bridgehead atoms. The molecule has 0 radical (unpaired) electrons. The van der Waals surface area contributed by atoms with Gasteiger partial charge in [0.2, 0.25) is 0 Å². The van der Waals surface area contributed by atoms with Crippen molar-refractivity contribution in [1.29, 1.82) is 0 Å². The number of anilines is 2. The molecule has 1 aromatic carbocycles. The number of carboxylic acids is 1. The van der Waals surface area contributed by atoms with Gasteiger partial charge in [-0.15, -0.1) is 0 Å². The molecule has 0 spiro atoms. The van der Waals surface area contributed by atoms with Crippen LogP contribution in [0.2, 0.25) is 0 Å². The van der Waals surface area contributed by atoms with E-state index in [1.165, 1.54) is 18.2 Å². The van der Waals surface area contributed by atoms with Gasteiger partial charge in [0.05, 0.1) is 11.3 Å². The number of nitrogens with one attached hydrogen (secondary N) is 2. The average molecular weight is 273 g/mol. The maximum absolute atomic E-state index is 11.6. The molecule has 0 atom stereocenters. The van der Waals surface area contributed by atoms with Crippen molar-refractivity contribution in [3.63, 3.8) is 0 Å². The summed E-state index contributed by atoms with van der Waals surface area (Å²) in [5, 5.41) is 8.94. The molecule has 1 aromatic rings. The fourth-order valence-corrected chi connectivity index (χ4v) is 2.46. The molecule has 0 heterocycles. The van der Waals surface area contributed by atoms with Gasteiger partial charge in [0.25, 0.3) is 10.2 Å². The molecular formula is C10H15N3O4S. The van der Waals surface area contributed by atoms with Crippen LogP contribution in [0.5, 0.6) is 0 Å². The van der Waals surface area contributed by atoms with Crippen molar-refractivity contribution in [1.82, 2.24) is 4.72 Å². The van der Waals surface area contributed by atoms with E-state index in [0.717, 1.165) is 0 Å². The summed E-state index contributed by atoms with van der Waals surface area (Å²) in [7, 11) is -3.83. The molecule has 0 aliphatic carbocycles. The summed E-state index contributed by atoms with van der Waals surface area (Å²) in [6, 6.07) is 3.57. The van der Waals surface area contributed by atoms with Crippen LogP contribution in [0.15, 0.2) is 18.2 Å². The lowest BCUT2D eigenvalue weighted by Gasteiger charge is -2.13. The Bertz CT molecular complexity index is 554. The first-order valence-electron chi connectivity index (χ1n) is 5.14. The number of nitrogens with two attached hydrogens (primary N) is 1. The van der Waals surface area contributed by atoms with Gasteiger partial charge in [-0.25, -0.2) is 4.79 Å². The normalized spacial score (nSPS) is 11.5. The lowest BCUT2D eigenvalue weighted by Crippen LogP contribution is -2.35. The van der Waals surface area contributed by atoms with Gasteiger partial charge in [-0.1, -0.05) is 0 Å². The Morgan fingerprint density at radius 3 is 2.50 bits per heavy atom. The molecule has 7 nitrogen and oxygen atoms in total. The largest absolute Gasteiger partial charge is 0.478 e. The standard InChI is InChI=1S/C10H15N3O4S/c1-6(2)12-18(16,17)13-9-5-7(11)3-4-8(9)10(14)15/h3-6,12-13H,11H2,1-2H3,(H,14,15). The molecule has 0 aliphatic heterocycles. The highest BCUT2D eigenvalue weighted by molar-refractivity contribution is 7.90. The van der Waals surface area contributed by atoms with Crippen molar-refractivity contribution in [2.75, 3.05) is 10.5 Å². The molecule has 0 unspecified atom stereocenters. The van der Waals surface area contributed by atoms with E-state index in [-0.39, 0.29) is 23.0 Å². The maximum Gasteiger partial charge on any atom is 0.337 e. The van der Waals surface area contributed by atoms with Gasteiger partial charge in [-0.3, -0.25) is 4.72 Å². The second kappa shape index (κ2) is 5.23. The minimum Gasteiger partial charge on any atom is -0.478 e. The highest BCUT2D eigenvalue weighted by atomic mass is 32.2. The van der Waals surface area contributed by atoms with Crippen LogP contribution in [0.25, 0.3) is 0 Å². The minimum absolute atomic E-state index is 0.0735. The van der Waals surface area contributed by atoms with Crippen molar-refractivity contribution in [2.24, 2.45) is 0 Å². The zero-order valence-corrected chi connectivity index (χ0v) is 10.8. The Labute approximate surface area is 105 Å². The number of hydrogen-bond acceptors (Lipinski definition) is 4. The second-order valence-electron chi connectivity index (χ2n) is 3.99. The summed E-state index contributed by atoms with van der Waals surface area (Å²) in [5.41, 5.74) is 5.52. The van der Waals surface area contributed by atoms with E-state index < -0.39 is 16.2 Å². The number of aromatic carboxylic acids is 1. The van der Waals surface area contributed by atoms with Crippen LogP contribution >= 0.6 is 0 Å². The summed E-state index contributed by atoms with van der Waals surface area (Å²) >= 11 is 0. The number of benzene rings is 1. The van der Waals surface area contributed by atoms with Crippen LogP contribution in [-0.2, 0) is 10.2 Å². The molecule has 18 heavy (non-hydrogen) atoms. The van der Waals surface area contributed by atoms with Crippen LogP contribution in [0.4, 0.5) is 11.4 Å². The van der Waals surface area contributed by atoms with Gasteiger partial charge in [-0.2, -0.15) is 13.1 Å². The monoisotopic (exact) mass is 273 g/mol. The summed E-state index contributed by atoms with van der Waals surface area (Å²) in [5.74, 6) is -1.24. The Balaban J connectivity index is 3.10. The van der Waals surface area contributed by atoms with Crippen LogP contribution < -0.4 is 15.2 Å².